The molecular formula is C17H25N5O. The molecule has 3 rings (SSSR count). The molecule has 124 valence electrons. The minimum Gasteiger partial charge on any atom is -0.369 e. The normalized spacial score (nSPS) is 16.9. The summed E-state index contributed by atoms with van der Waals surface area (Å²) in [7, 11) is 4.29. The van der Waals surface area contributed by atoms with Gasteiger partial charge in [-0.1, -0.05) is 18.0 Å². The highest BCUT2D eigenvalue weighted by molar-refractivity contribution is 5.68. The highest BCUT2D eigenvalue weighted by Crippen LogP contribution is 2.39. The van der Waals surface area contributed by atoms with Crippen LogP contribution in [0.5, 0.6) is 0 Å². The van der Waals surface area contributed by atoms with Crippen LogP contribution in [0.1, 0.15) is 31.5 Å². The Kier molecular flexibility index (Phi) is 4.61. The summed E-state index contributed by atoms with van der Waals surface area (Å²) in [4.78, 5) is 11.1. The monoisotopic (exact) mass is 315 g/mol. The fourth-order valence-corrected chi connectivity index (χ4v) is 3.58. The lowest BCUT2D eigenvalue weighted by Gasteiger charge is -2.32. The lowest BCUT2D eigenvalue weighted by molar-refractivity contribution is 0.215. The van der Waals surface area contributed by atoms with Crippen LogP contribution in [0.25, 0.3) is 11.5 Å². The van der Waals surface area contributed by atoms with E-state index in [1.165, 1.54) is 25.7 Å². The Morgan fingerprint density at radius 3 is 2.74 bits per heavy atom. The first-order valence-corrected chi connectivity index (χ1v) is 8.22. The molecule has 1 aliphatic carbocycles. The SMILES string of the molecule is Cc1noc(-c2cccnc2NCC2(CN(C)C)CCCC2)n1. The first-order valence-electron chi connectivity index (χ1n) is 8.22. The summed E-state index contributed by atoms with van der Waals surface area (Å²) >= 11 is 0. The number of hydrogen-bond donors (Lipinski definition) is 1. The third-order valence-corrected chi connectivity index (χ3v) is 4.51. The maximum absolute atomic E-state index is 5.30. The van der Waals surface area contributed by atoms with E-state index >= 15 is 0 Å². The van der Waals surface area contributed by atoms with E-state index in [4.69, 9.17) is 4.52 Å². The predicted octanol–water partition coefficient (Wildman–Crippen LogP) is 2.97. The summed E-state index contributed by atoms with van der Waals surface area (Å²) in [5, 5.41) is 7.42. The largest absolute Gasteiger partial charge is 0.369 e. The molecule has 23 heavy (non-hydrogen) atoms. The van der Waals surface area contributed by atoms with E-state index in [1.54, 1.807) is 6.20 Å². The Morgan fingerprint density at radius 2 is 2.09 bits per heavy atom. The zero-order valence-corrected chi connectivity index (χ0v) is 14.2. The van der Waals surface area contributed by atoms with Gasteiger partial charge in [-0.25, -0.2) is 4.98 Å². The Labute approximate surface area is 137 Å². The Balaban J connectivity index is 1.78. The Morgan fingerprint density at radius 1 is 1.30 bits per heavy atom. The number of aromatic nitrogens is 3. The van der Waals surface area contributed by atoms with Gasteiger partial charge in [-0.2, -0.15) is 4.98 Å². The van der Waals surface area contributed by atoms with Crippen LogP contribution in [0.4, 0.5) is 5.82 Å². The van der Waals surface area contributed by atoms with Crippen molar-refractivity contribution in [1.29, 1.82) is 0 Å². The van der Waals surface area contributed by atoms with Crippen molar-refractivity contribution < 1.29 is 4.52 Å². The first kappa shape index (κ1) is 15.9. The molecule has 0 saturated heterocycles. The smallest absolute Gasteiger partial charge is 0.261 e. The van der Waals surface area contributed by atoms with Gasteiger partial charge in [-0.3, -0.25) is 0 Å². The summed E-state index contributed by atoms with van der Waals surface area (Å²) in [5.41, 5.74) is 1.19. The van der Waals surface area contributed by atoms with Gasteiger partial charge < -0.3 is 14.7 Å². The van der Waals surface area contributed by atoms with E-state index in [9.17, 15) is 0 Å². The minimum absolute atomic E-state index is 0.322. The second-order valence-electron chi connectivity index (χ2n) is 6.84. The average molecular weight is 315 g/mol. The molecule has 2 aromatic heterocycles. The average Bonchev–Trinajstić information content (AvgIpc) is 3.15. The van der Waals surface area contributed by atoms with Crippen molar-refractivity contribution >= 4 is 5.82 Å². The number of pyridine rings is 1. The predicted molar refractivity (Wildman–Crippen MR) is 90.2 cm³/mol. The fourth-order valence-electron chi connectivity index (χ4n) is 3.58. The van der Waals surface area contributed by atoms with Gasteiger partial charge >= 0.3 is 0 Å². The molecule has 2 aromatic rings. The number of nitrogens with zero attached hydrogens (tertiary/aromatic N) is 4. The molecule has 0 bridgehead atoms. The standard InChI is InChI=1S/C17H25N5O/c1-13-20-16(23-21-13)14-7-6-10-18-15(14)19-11-17(12-22(2)3)8-4-5-9-17/h6-7,10H,4-5,8-9,11-12H2,1-3H3,(H,18,19). The third-order valence-electron chi connectivity index (χ3n) is 4.51. The highest BCUT2D eigenvalue weighted by atomic mass is 16.5. The zero-order chi connectivity index (χ0) is 16.3. The lowest BCUT2D eigenvalue weighted by Crippen LogP contribution is -2.37. The van der Waals surface area contributed by atoms with E-state index in [-0.39, 0.29) is 0 Å². The van der Waals surface area contributed by atoms with Crippen molar-refractivity contribution in [3.05, 3.63) is 24.2 Å². The van der Waals surface area contributed by atoms with Crippen LogP contribution < -0.4 is 5.32 Å². The lowest BCUT2D eigenvalue weighted by atomic mass is 9.85. The van der Waals surface area contributed by atoms with E-state index in [0.29, 0.717) is 17.1 Å². The topological polar surface area (TPSA) is 67.1 Å². The highest BCUT2D eigenvalue weighted by Gasteiger charge is 2.34. The summed E-state index contributed by atoms with van der Waals surface area (Å²) in [5.74, 6) is 1.97. The van der Waals surface area contributed by atoms with Crippen molar-refractivity contribution in [1.82, 2.24) is 20.0 Å². The number of aryl methyl sites for hydroxylation is 1. The van der Waals surface area contributed by atoms with Crippen LogP contribution in [-0.2, 0) is 0 Å². The van der Waals surface area contributed by atoms with Gasteiger partial charge in [0.05, 0.1) is 5.56 Å². The van der Waals surface area contributed by atoms with Crippen molar-refractivity contribution in [3.8, 4) is 11.5 Å². The fraction of sp³-hybridized carbons (Fsp3) is 0.588. The Bertz CT molecular complexity index is 646. The van der Waals surface area contributed by atoms with Crippen LogP contribution in [0.2, 0.25) is 0 Å². The van der Waals surface area contributed by atoms with E-state index in [0.717, 1.165) is 24.5 Å². The molecule has 0 unspecified atom stereocenters. The van der Waals surface area contributed by atoms with Gasteiger partial charge in [0.25, 0.3) is 5.89 Å². The van der Waals surface area contributed by atoms with Gasteiger partial charge in [0.15, 0.2) is 5.82 Å². The molecule has 0 amide bonds. The summed E-state index contributed by atoms with van der Waals surface area (Å²) < 4.78 is 5.30. The molecule has 1 N–H and O–H groups in total. The number of hydrogen-bond acceptors (Lipinski definition) is 6. The van der Waals surface area contributed by atoms with Gasteiger partial charge in [-0.15, -0.1) is 0 Å². The maximum atomic E-state index is 5.30. The molecule has 0 atom stereocenters. The second-order valence-corrected chi connectivity index (χ2v) is 6.84. The van der Waals surface area contributed by atoms with Crippen LogP contribution in [0, 0.1) is 12.3 Å². The number of anilines is 1. The molecular weight excluding hydrogens is 290 g/mol. The summed E-state index contributed by atoms with van der Waals surface area (Å²) in [6, 6.07) is 3.86. The van der Waals surface area contributed by atoms with Gasteiger partial charge in [0.2, 0.25) is 0 Å². The van der Waals surface area contributed by atoms with Gasteiger partial charge in [0, 0.05) is 24.7 Å². The third kappa shape index (κ3) is 3.69. The van der Waals surface area contributed by atoms with E-state index in [1.807, 2.05) is 19.1 Å². The first-order chi connectivity index (χ1) is 11.1. The summed E-state index contributed by atoms with van der Waals surface area (Å²) in [6.45, 7) is 3.84. The maximum Gasteiger partial charge on any atom is 0.261 e. The van der Waals surface area contributed by atoms with Crippen LogP contribution in [0.15, 0.2) is 22.9 Å². The van der Waals surface area contributed by atoms with Crippen LogP contribution in [0.3, 0.4) is 0 Å². The molecule has 1 saturated carbocycles. The molecule has 6 heteroatoms. The van der Waals surface area contributed by atoms with Gasteiger partial charge in [0.1, 0.15) is 5.82 Å². The van der Waals surface area contributed by atoms with Crippen LogP contribution >= 0.6 is 0 Å². The molecule has 0 radical (unpaired) electrons. The molecule has 2 heterocycles. The van der Waals surface area contributed by atoms with E-state index in [2.05, 4.69) is 39.4 Å². The number of nitrogens with one attached hydrogen (secondary N) is 1. The molecule has 0 spiro atoms. The molecule has 0 aromatic carbocycles. The van der Waals surface area contributed by atoms with Crippen molar-refractivity contribution in [3.63, 3.8) is 0 Å². The van der Waals surface area contributed by atoms with Crippen molar-refractivity contribution in [2.75, 3.05) is 32.5 Å². The molecule has 0 aliphatic heterocycles. The molecule has 1 fully saturated rings. The summed E-state index contributed by atoms with van der Waals surface area (Å²) in [6.07, 6.45) is 6.95. The molecule has 6 nitrogen and oxygen atoms in total. The van der Waals surface area contributed by atoms with Gasteiger partial charge in [-0.05, 0) is 46.0 Å². The quantitative estimate of drug-likeness (QED) is 0.884. The van der Waals surface area contributed by atoms with Crippen LogP contribution in [-0.4, -0.2) is 47.2 Å². The van der Waals surface area contributed by atoms with Crippen molar-refractivity contribution in [2.45, 2.75) is 32.6 Å². The second kappa shape index (κ2) is 6.66. The Hall–Kier alpha value is -1.95. The zero-order valence-electron chi connectivity index (χ0n) is 14.2. The minimum atomic E-state index is 0.322. The van der Waals surface area contributed by atoms with E-state index < -0.39 is 0 Å². The number of rotatable bonds is 6. The van der Waals surface area contributed by atoms with Crippen molar-refractivity contribution in [2.24, 2.45) is 5.41 Å². The molecule has 1 aliphatic rings.